The van der Waals surface area contributed by atoms with Crippen molar-refractivity contribution in [2.75, 3.05) is 27.4 Å². The second kappa shape index (κ2) is 8.76. The summed E-state index contributed by atoms with van der Waals surface area (Å²) in [5.41, 5.74) is 0.710. The van der Waals surface area contributed by atoms with E-state index in [1.165, 1.54) is 20.3 Å². The molecule has 0 aliphatic carbocycles. The normalized spacial score (nSPS) is 10.4. The molecule has 1 rings (SSSR count). The number of hydrogen-bond donors (Lipinski definition) is 0. The van der Waals surface area contributed by atoms with E-state index in [4.69, 9.17) is 14.2 Å². The summed E-state index contributed by atoms with van der Waals surface area (Å²) in [5, 5.41) is 0. The van der Waals surface area contributed by atoms with Gasteiger partial charge >= 0.3 is 11.9 Å². The minimum absolute atomic E-state index is 0.244. The van der Waals surface area contributed by atoms with Crippen LogP contribution >= 0.6 is 0 Å². The minimum Gasteiger partial charge on any atom is -0.493 e. The molecule has 114 valence electrons. The van der Waals surface area contributed by atoms with Gasteiger partial charge in [0, 0.05) is 12.7 Å². The van der Waals surface area contributed by atoms with Crippen LogP contribution in [0.1, 0.15) is 12.5 Å². The first-order valence-corrected chi connectivity index (χ1v) is 6.33. The fourth-order valence-corrected chi connectivity index (χ4v) is 1.48. The van der Waals surface area contributed by atoms with Crippen molar-refractivity contribution in [2.24, 2.45) is 0 Å². The van der Waals surface area contributed by atoms with Crippen LogP contribution in [0.25, 0.3) is 6.08 Å². The molecule has 1 aromatic rings. The predicted octanol–water partition coefficient (Wildman–Crippen LogP) is 1.82. The van der Waals surface area contributed by atoms with Crippen molar-refractivity contribution in [1.29, 1.82) is 0 Å². The van der Waals surface area contributed by atoms with Crippen LogP contribution in [0.4, 0.5) is 0 Å². The van der Waals surface area contributed by atoms with Crippen LogP contribution in [0.5, 0.6) is 11.5 Å². The van der Waals surface area contributed by atoms with Gasteiger partial charge < -0.3 is 18.9 Å². The van der Waals surface area contributed by atoms with E-state index >= 15 is 0 Å². The van der Waals surface area contributed by atoms with Crippen LogP contribution in [0, 0.1) is 0 Å². The molecule has 0 radical (unpaired) electrons. The van der Waals surface area contributed by atoms with Gasteiger partial charge in [-0.3, -0.25) is 0 Å². The lowest BCUT2D eigenvalue weighted by molar-refractivity contribution is -0.159. The molecule has 0 spiro atoms. The topological polar surface area (TPSA) is 71.1 Å². The molecule has 0 aromatic heterocycles. The lowest BCUT2D eigenvalue weighted by Gasteiger charge is -2.07. The third-order valence-electron chi connectivity index (χ3n) is 2.46. The molecule has 0 heterocycles. The SMILES string of the molecule is CCOCC(=O)OC(=O)/C=C/c1ccc(OC)c(OC)c1. The maximum Gasteiger partial charge on any atom is 0.339 e. The van der Waals surface area contributed by atoms with Gasteiger partial charge in [0.05, 0.1) is 14.2 Å². The zero-order valence-electron chi connectivity index (χ0n) is 12.3. The summed E-state index contributed by atoms with van der Waals surface area (Å²) in [5.74, 6) is -0.349. The molecule has 0 saturated carbocycles. The van der Waals surface area contributed by atoms with Crippen molar-refractivity contribution in [2.45, 2.75) is 6.92 Å². The van der Waals surface area contributed by atoms with Gasteiger partial charge in [-0.1, -0.05) is 6.07 Å². The third kappa shape index (κ3) is 5.66. The highest BCUT2D eigenvalue weighted by Crippen LogP contribution is 2.27. The van der Waals surface area contributed by atoms with Crippen molar-refractivity contribution in [3.8, 4) is 11.5 Å². The molecule has 6 nitrogen and oxygen atoms in total. The standard InChI is InChI=1S/C15H18O6/c1-4-20-10-15(17)21-14(16)8-6-11-5-7-12(18-2)13(9-11)19-3/h5-9H,4,10H2,1-3H3/b8-6+. The third-order valence-corrected chi connectivity index (χ3v) is 2.46. The van der Waals surface area contributed by atoms with Gasteiger partial charge in [-0.15, -0.1) is 0 Å². The predicted molar refractivity (Wildman–Crippen MR) is 76.2 cm³/mol. The smallest absolute Gasteiger partial charge is 0.339 e. The summed E-state index contributed by atoms with van der Waals surface area (Å²) in [4.78, 5) is 22.6. The Morgan fingerprint density at radius 1 is 1.14 bits per heavy atom. The van der Waals surface area contributed by atoms with E-state index in [1.807, 2.05) is 0 Å². The van der Waals surface area contributed by atoms with Crippen molar-refractivity contribution in [3.05, 3.63) is 29.8 Å². The average molecular weight is 294 g/mol. The molecule has 21 heavy (non-hydrogen) atoms. The Morgan fingerprint density at radius 3 is 2.48 bits per heavy atom. The van der Waals surface area contributed by atoms with Crippen LogP contribution in [0.15, 0.2) is 24.3 Å². The van der Waals surface area contributed by atoms with Crippen molar-refractivity contribution < 1.29 is 28.5 Å². The maximum absolute atomic E-state index is 11.4. The Morgan fingerprint density at radius 2 is 1.86 bits per heavy atom. The summed E-state index contributed by atoms with van der Waals surface area (Å²) in [6.07, 6.45) is 2.67. The van der Waals surface area contributed by atoms with E-state index in [2.05, 4.69) is 4.74 Å². The van der Waals surface area contributed by atoms with E-state index < -0.39 is 11.9 Å². The number of rotatable bonds is 7. The fraction of sp³-hybridized carbons (Fsp3) is 0.333. The number of methoxy groups -OCH3 is 2. The molecule has 0 fully saturated rings. The molecule has 0 saturated heterocycles. The second-order valence-electron chi connectivity index (χ2n) is 3.88. The molecular weight excluding hydrogens is 276 g/mol. The first-order chi connectivity index (χ1) is 10.1. The van der Waals surface area contributed by atoms with Crippen LogP contribution in [0.2, 0.25) is 0 Å². The second-order valence-corrected chi connectivity index (χ2v) is 3.88. The first-order valence-electron chi connectivity index (χ1n) is 6.33. The summed E-state index contributed by atoms with van der Waals surface area (Å²) >= 11 is 0. The highest BCUT2D eigenvalue weighted by Gasteiger charge is 2.07. The van der Waals surface area contributed by atoms with Crippen LogP contribution in [-0.4, -0.2) is 39.4 Å². The number of benzene rings is 1. The Hall–Kier alpha value is -2.34. The minimum atomic E-state index is -0.755. The lowest BCUT2D eigenvalue weighted by Crippen LogP contribution is -2.15. The van der Waals surface area contributed by atoms with E-state index in [0.29, 0.717) is 23.7 Å². The Balaban J connectivity index is 2.63. The van der Waals surface area contributed by atoms with Crippen molar-refractivity contribution in [1.82, 2.24) is 0 Å². The largest absolute Gasteiger partial charge is 0.493 e. The van der Waals surface area contributed by atoms with Gasteiger partial charge in [0.2, 0.25) is 0 Å². The van der Waals surface area contributed by atoms with Crippen LogP contribution < -0.4 is 9.47 Å². The molecule has 0 atom stereocenters. The van der Waals surface area contributed by atoms with Gasteiger partial charge in [-0.05, 0) is 30.7 Å². The Labute approximate surface area is 123 Å². The highest BCUT2D eigenvalue weighted by atomic mass is 16.6. The van der Waals surface area contributed by atoms with E-state index in [9.17, 15) is 9.59 Å². The number of carbonyl (C=O) groups excluding carboxylic acids is 2. The quantitative estimate of drug-likeness (QED) is 0.434. The summed E-state index contributed by atoms with van der Waals surface area (Å²) < 4.78 is 19.6. The average Bonchev–Trinajstić information content (AvgIpc) is 2.50. The van der Waals surface area contributed by atoms with Crippen molar-refractivity contribution in [3.63, 3.8) is 0 Å². The van der Waals surface area contributed by atoms with E-state index in [0.717, 1.165) is 6.08 Å². The summed E-state index contributed by atoms with van der Waals surface area (Å²) in [6.45, 7) is 1.88. The molecule has 0 amide bonds. The number of esters is 2. The molecule has 1 aromatic carbocycles. The Bertz CT molecular complexity index is 521. The molecule has 6 heteroatoms. The molecule has 0 aliphatic heterocycles. The zero-order valence-corrected chi connectivity index (χ0v) is 12.3. The monoisotopic (exact) mass is 294 g/mol. The number of ether oxygens (including phenoxy) is 4. The maximum atomic E-state index is 11.4. The fourth-order valence-electron chi connectivity index (χ4n) is 1.48. The van der Waals surface area contributed by atoms with Crippen molar-refractivity contribution >= 4 is 18.0 Å². The van der Waals surface area contributed by atoms with Crippen LogP contribution in [-0.2, 0) is 19.1 Å². The number of hydrogen-bond acceptors (Lipinski definition) is 6. The number of carbonyl (C=O) groups is 2. The first kappa shape index (κ1) is 16.7. The summed E-state index contributed by atoms with van der Waals surface area (Å²) in [6, 6.07) is 5.15. The van der Waals surface area contributed by atoms with Gasteiger partial charge in [0.25, 0.3) is 0 Å². The Kier molecular flexibility index (Phi) is 6.97. The molecule has 0 bridgehead atoms. The molecular formula is C15H18O6. The zero-order chi connectivity index (χ0) is 15.7. The van der Waals surface area contributed by atoms with E-state index in [-0.39, 0.29) is 6.61 Å². The van der Waals surface area contributed by atoms with Gasteiger partial charge in [-0.2, -0.15) is 0 Å². The van der Waals surface area contributed by atoms with Gasteiger partial charge in [0.15, 0.2) is 11.5 Å². The summed E-state index contributed by atoms with van der Waals surface area (Å²) in [7, 11) is 3.06. The highest BCUT2D eigenvalue weighted by molar-refractivity contribution is 5.95. The molecule has 0 N–H and O–H groups in total. The molecule has 0 unspecified atom stereocenters. The molecule has 0 aliphatic rings. The van der Waals surface area contributed by atoms with E-state index in [1.54, 1.807) is 25.1 Å². The lowest BCUT2D eigenvalue weighted by atomic mass is 10.2. The van der Waals surface area contributed by atoms with Gasteiger partial charge in [0.1, 0.15) is 6.61 Å². The van der Waals surface area contributed by atoms with Gasteiger partial charge in [-0.25, -0.2) is 9.59 Å². The van der Waals surface area contributed by atoms with Crippen LogP contribution in [0.3, 0.4) is 0 Å².